The molecule has 106 valence electrons. The fraction of sp³-hybridized carbons (Fsp3) is 0.556. The van der Waals surface area contributed by atoms with E-state index in [4.69, 9.17) is 0 Å². The highest BCUT2D eigenvalue weighted by atomic mass is 14.9. The highest BCUT2D eigenvalue weighted by Gasteiger charge is 2.21. The summed E-state index contributed by atoms with van der Waals surface area (Å²) in [6.45, 7) is 12.0. The molecule has 0 aliphatic heterocycles. The molecule has 0 bridgehead atoms. The summed E-state index contributed by atoms with van der Waals surface area (Å²) in [5, 5.41) is 3.72. The Labute approximate surface area is 119 Å². The molecule has 0 aliphatic rings. The van der Waals surface area contributed by atoms with Crippen molar-refractivity contribution in [1.29, 1.82) is 0 Å². The van der Waals surface area contributed by atoms with Crippen molar-refractivity contribution in [2.24, 2.45) is 0 Å². The molecule has 0 spiro atoms. The predicted molar refractivity (Wildman–Crippen MR) is 85.6 cm³/mol. The Morgan fingerprint density at radius 2 is 1.84 bits per heavy atom. The first-order valence-corrected chi connectivity index (χ1v) is 7.67. The number of benzene rings is 1. The monoisotopic (exact) mass is 259 g/mol. The third-order valence-electron chi connectivity index (χ3n) is 3.82. The Morgan fingerprint density at radius 1 is 1.16 bits per heavy atom. The van der Waals surface area contributed by atoms with E-state index >= 15 is 0 Å². The molecule has 2 atom stereocenters. The molecule has 0 heterocycles. The molecule has 2 unspecified atom stereocenters. The zero-order valence-electron chi connectivity index (χ0n) is 12.8. The summed E-state index contributed by atoms with van der Waals surface area (Å²) >= 11 is 0. The summed E-state index contributed by atoms with van der Waals surface area (Å²) in [5.74, 6) is 0.580. The van der Waals surface area contributed by atoms with Gasteiger partial charge >= 0.3 is 0 Å². The second-order valence-electron chi connectivity index (χ2n) is 5.29. The molecule has 0 fully saturated rings. The van der Waals surface area contributed by atoms with Gasteiger partial charge in [-0.25, -0.2) is 0 Å². The Balaban J connectivity index is 2.82. The fourth-order valence-corrected chi connectivity index (χ4v) is 2.59. The minimum Gasteiger partial charge on any atom is -0.313 e. The maximum atomic E-state index is 4.19. The van der Waals surface area contributed by atoms with Gasteiger partial charge in [-0.15, -0.1) is 0 Å². The minimum absolute atomic E-state index is 0.514. The van der Waals surface area contributed by atoms with Crippen LogP contribution >= 0.6 is 0 Å². The van der Waals surface area contributed by atoms with Crippen LogP contribution in [0.25, 0.3) is 0 Å². The standard InChI is InChI=1S/C18H29N/c1-5-13-19-18(14-15(4)6-2)17(7-3)16-11-9-8-10-12-16/h8-12,17-19H,4-7,13-14H2,1-3H3. The molecule has 0 amide bonds. The van der Waals surface area contributed by atoms with Crippen LogP contribution < -0.4 is 5.32 Å². The van der Waals surface area contributed by atoms with Gasteiger partial charge in [0.2, 0.25) is 0 Å². The average Bonchev–Trinajstić information content (AvgIpc) is 2.46. The Bertz CT molecular complexity index is 355. The van der Waals surface area contributed by atoms with Crippen LogP contribution in [0.2, 0.25) is 0 Å². The van der Waals surface area contributed by atoms with Crippen LogP contribution in [0, 0.1) is 0 Å². The van der Waals surface area contributed by atoms with Crippen molar-refractivity contribution in [3.05, 3.63) is 48.0 Å². The first-order chi connectivity index (χ1) is 9.22. The maximum Gasteiger partial charge on any atom is 0.0173 e. The number of hydrogen-bond acceptors (Lipinski definition) is 1. The van der Waals surface area contributed by atoms with Crippen molar-refractivity contribution in [1.82, 2.24) is 5.32 Å². The van der Waals surface area contributed by atoms with Crippen molar-refractivity contribution < 1.29 is 0 Å². The second kappa shape index (κ2) is 8.92. The van der Waals surface area contributed by atoms with E-state index in [2.05, 4.69) is 63.0 Å². The van der Waals surface area contributed by atoms with E-state index in [1.807, 2.05) is 0 Å². The SMILES string of the molecule is C=C(CC)CC(NCCC)C(CC)c1ccccc1. The van der Waals surface area contributed by atoms with Crippen LogP contribution in [0.3, 0.4) is 0 Å². The highest BCUT2D eigenvalue weighted by molar-refractivity contribution is 5.22. The molecule has 0 aliphatic carbocycles. The van der Waals surface area contributed by atoms with Crippen LogP contribution in [0.4, 0.5) is 0 Å². The zero-order valence-corrected chi connectivity index (χ0v) is 12.8. The Morgan fingerprint density at radius 3 is 2.37 bits per heavy atom. The molecule has 0 radical (unpaired) electrons. The minimum atomic E-state index is 0.514. The van der Waals surface area contributed by atoms with Crippen LogP contribution in [0.5, 0.6) is 0 Å². The van der Waals surface area contributed by atoms with Gasteiger partial charge in [0.1, 0.15) is 0 Å². The molecule has 19 heavy (non-hydrogen) atoms. The van der Waals surface area contributed by atoms with Crippen LogP contribution in [-0.4, -0.2) is 12.6 Å². The van der Waals surface area contributed by atoms with Crippen molar-refractivity contribution >= 4 is 0 Å². The van der Waals surface area contributed by atoms with Crippen molar-refractivity contribution in [3.63, 3.8) is 0 Å². The lowest BCUT2D eigenvalue weighted by molar-refractivity contribution is 0.416. The molecule has 0 aromatic heterocycles. The third kappa shape index (κ3) is 5.20. The molecule has 1 aromatic rings. The second-order valence-corrected chi connectivity index (χ2v) is 5.29. The average molecular weight is 259 g/mol. The van der Waals surface area contributed by atoms with Crippen molar-refractivity contribution in [2.45, 2.75) is 58.4 Å². The summed E-state index contributed by atoms with van der Waals surface area (Å²) in [6, 6.07) is 11.4. The molecule has 1 aromatic carbocycles. The van der Waals surface area contributed by atoms with Gasteiger partial charge in [0.15, 0.2) is 0 Å². The number of hydrogen-bond donors (Lipinski definition) is 1. The Hall–Kier alpha value is -1.08. The van der Waals surface area contributed by atoms with Crippen LogP contribution in [0.15, 0.2) is 42.5 Å². The zero-order chi connectivity index (χ0) is 14.1. The molecule has 0 saturated carbocycles. The van der Waals surface area contributed by atoms with E-state index in [0.29, 0.717) is 12.0 Å². The van der Waals surface area contributed by atoms with E-state index in [-0.39, 0.29) is 0 Å². The molecule has 1 heteroatoms. The lowest BCUT2D eigenvalue weighted by Crippen LogP contribution is -2.35. The third-order valence-corrected chi connectivity index (χ3v) is 3.82. The first-order valence-electron chi connectivity index (χ1n) is 7.67. The van der Waals surface area contributed by atoms with E-state index in [0.717, 1.165) is 19.4 Å². The lowest BCUT2D eigenvalue weighted by Gasteiger charge is -2.28. The summed E-state index contributed by atoms with van der Waals surface area (Å²) < 4.78 is 0. The number of rotatable bonds is 9. The first kappa shape index (κ1) is 16.0. The number of nitrogens with one attached hydrogen (secondary N) is 1. The van der Waals surface area contributed by atoms with Gasteiger partial charge in [-0.2, -0.15) is 0 Å². The molecular weight excluding hydrogens is 230 g/mol. The van der Waals surface area contributed by atoms with Gasteiger partial charge in [0.05, 0.1) is 0 Å². The summed E-state index contributed by atoms with van der Waals surface area (Å²) in [6.07, 6.45) is 4.52. The maximum absolute atomic E-state index is 4.19. The van der Waals surface area contributed by atoms with E-state index in [1.165, 1.54) is 24.0 Å². The molecule has 1 N–H and O–H groups in total. The van der Waals surface area contributed by atoms with Crippen LogP contribution in [0.1, 0.15) is 57.9 Å². The highest BCUT2D eigenvalue weighted by Crippen LogP contribution is 2.27. The molecule has 1 rings (SSSR count). The van der Waals surface area contributed by atoms with Gasteiger partial charge < -0.3 is 5.32 Å². The van der Waals surface area contributed by atoms with Gasteiger partial charge in [0, 0.05) is 6.04 Å². The Kier molecular flexibility index (Phi) is 7.50. The van der Waals surface area contributed by atoms with Gasteiger partial charge in [0.25, 0.3) is 0 Å². The van der Waals surface area contributed by atoms with E-state index < -0.39 is 0 Å². The van der Waals surface area contributed by atoms with Gasteiger partial charge in [-0.1, -0.05) is 63.3 Å². The van der Waals surface area contributed by atoms with Crippen molar-refractivity contribution in [2.75, 3.05) is 6.54 Å². The topological polar surface area (TPSA) is 12.0 Å². The lowest BCUT2D eigenvalue weighted by atomic mass is 9.85. The summed E-state index contributed by atoms with van der Waals surface area (Å²) in [4.78, 5) is 0. The van der Waals surface area contributed by atoms with Crippen molar-refractivity contribution in [3.8, 4) is 0 Å². The summed E-state index contributed by atoms with van der Waals surface area (Å²) in [7, 11) is 0. The molecule has 1 nitrogen and oxygen atoms in total. The quantitative estimate of drug-likeness (QED) is 0.622. The summed E-state index contributed by atoms with van der Waals surface area (Å²) in [5.41, 5.74) is 2.80. The van der Waals surface area contributed by atoms with Gasteiger partial charge in [-0.05, 0) is 43.7 Å². The normalized spacial score (nSPS) is 14.1. The van der Waals surface area contributed by atoms with Crippen LogP contribution in [-0.2, 0) is 0 Å². The van der Waals surface area contributed by atoms with E-state index in [1.54, 1.807) is 0 Å². The van der Waals surface area contributed by atoms with Gasteiger partial charge in [-0.3, -0.25) is 0 Å². The smallest absolute Gasteiger partial charge is 0.0173 e. The largest absolute Gasteiger partial charge is 0.313 e. The molecular formula is C18H29N. The predicted octanol–water partition coefficient (Wildman–Crippen LogP) is 4.90. The fourth-order valence-electron chi connectivity index (χ4n) is 2.59. The van der Waals surface area contributed by atoms with E-state index in [9.17, 15) is 0 Å². The molecule has 0 saturated heterocycles.